The van der Waals surface area contributed by atoms with Crippen molar-refractivity contribution in [3.63, 3.8) is 0 Å². The zero-order valence-electron chi connectivity index (χ0n) is 10.2. The molecule has 0 aliphatic carbocycles. The first-order valence-corrected chi connectivity index (χ1v) is 5.67. The molecular formula is C11H21NO4. The number of aliphatic hydroxyl groups excluding tert-OH is 1. The Labute approximate surface area is 96.3 Å². The molecule has 0 saturated carbocycles. The highest BCUT2D eigenvalue weighted by atomic mass is 16.8. The summed E-state index contributed by atoms with van der Waals surface area (Å²) in [5.41, 5.74) is -0.527. The van der Waals surface area contributed by atoms with Crippen LogP contribution < -0.4 is 0 Å². The predicted molar refractivity (Wildman–Crippen MR) is 58.7 cm³/mol. The summed E-state index contributed by atoms with van der Waals surface area (Å²) in [5, 5.41) is 10.6. The Morgan fingerprint density at radius 1 is 1.38 bits per heavy atom. The summed E-state index contributed by atoms with van der Waals surface area (Å²) in [6.07, 6.45) is 1.04. The fraction of sp³-hybridized carbons (Fsp3) is 0.909. The lowest BCUT2D eigenvalue weighted by atomic mass is 9.99. The van der Waals surface area contributed by atoms with Gasteiger partial charge in [0.1, 0.15) is 5.60 Å². The van der Waals surface area contributed by atoms with Crippen molar-refractivity contribution in [2.45, 2.75) is 39.2 Å². The Morgan fingerprint density at radius 2 is 1.94 bits per heavy atom. The van der Waals surface area contributed by atoms with E-state index in [9.17, 15) is 4.79 Å². The Hall–Kier alpha value is -0.810. The second kappa shape index (κ2) is 5.50. The lowest BCUT2D eigenvalue weighted by Crippen LogP contribution is -2.38. The van der Waals surface area contributed by atoms with E-state index in [2.05, 4.69) is 0 Å². The molecule has 1 heterocycles. The van der Waals surface area contributed by atoms with Gasteiger partial charge in [-0.25, -0.2) is 4.79 Å². The van der Waals surface area contributed by atoms with Gasteiger partial charge in [0.25, 0.3) is 0 Å². The minimum absolute atomic E-state index is 0.209. The van der Waals surface area contributed by atoms with Gasteiger partial charge in [-0.05, 0) is 39.5 Å². The van der Waals surface area contributed by atoms with Gasteiger partial charge in [-0.15, -0.1) is 5.06 Å². The molecule has 0 atom stereocenters. The smallest absolute Gasteiger partial charge is 0.427 e. The number of aliphatic hydroxyl groups is 1. The second-order valence-corrected chi connectivity index (χ2v) is 5.11. The van der Waals surface area contributed by atoms with Gasteiger partial charge >= 0.3 is 6.16 Å². The molecule has 1 aliphatic rings. The van der Waals surface area contributed by atoms with Crippen LogP contribution in [-0.2, 0) is 9.57 Å². The molecule has 5 nitrogen and oxygen atoms in total. The predicted octanol–water partition coefficient (Wildman–Crippen LogP) is 1.56. The molecular weight excluding hydrogens is 210 g/mol. The average molecular weight is 231 g/mol. The van der Waals surface area contributed by atoms with E-state index >= 15 is 0 Å². The minimum Gasteiger partial charge on any atom is -0.427 e. The van der Waals surface area contributed by atoms with Crippen molar-refractivity contribution in [2.75, 3.05) is 19.7 Å². The average Bonchev–Trinajstić information content (AvgIpc) is 2.16. The summed E-state index contributed by atoms with van der Waals surface area (Å²) in [7, 11) is 0. The molecule has 0 spiro atoms. The first-order valence-electron chi connectivity index (χ1n) is 5.67. The van der Waals surface area contributed by atoms with E-state index in [0.717, 1.165) is 12.8 Å². The van der Waals surface area contributed by atoms with Crippen LogP contribution in [0.3, 0.4) is 0 Å². The first kappa shape index (κ1) is 13.3. The molecule has 0 aromatic carbocycles. The Kier molecular flexibility index (Phi) is 4.56. The highest BCUT2D eigenvalue weighted by Gasteiger charge is 2.24. The number of carbonyl (C=O) groups is 1. The van der Waals surface area contributed by atoms with Crippen molar-refractivity contribution >= 4 is 6.16 Å². The van der Waals surface area contributed by atoms with Crippen molar-refractivity contribution in [1.29, 1.82) is 0 Å². The molecule has 0 unspecified atom stereocenters. The van der Waals surface area contributed by atoms with Crippen LogP contribution >= 0.6 is 0 Å². The van der Waals surface area contributed by atoms with Crippen LogP contribution in [0, 0.1) is 5.92 Å². The Balaban J connectivity index is 2.26. The third-order valence-corrected chi connectivity index (χ3v) is 2.42. The van der Waals surface area contributed by atoms with Crippen LogP contribution in [0.15, 0.2) is 0 Å². The van der Waals surface area contributed by atoms with Gasteiger partial charge in [-0.3, -0.25) is 0 Å². The van der Waals surface area contributed by atoms with Crippen molar-refractivity contribution < 1.29 is 19.5 Å². The minimum atomic E-state index is -0.657. The molecule has 0 aromatic rings. The van der Waals surface area contributed by atoms with Crippen LogP contribution in [0.5, 0.6) is 0 Å². The van der Waals surface area contributed by atoms with Crippen LogP contribution in [0.25, 0.3) is 0 Å². The third-order valence-electron chi connectivity index (χ3n) is 2.42. The number of hydroxylamine groups is 2. The lowest BCUT2D eigenvalue weighted by molar-refractivity contribution is -0.156. The number of rotatable bonds is 2. The van der Waals surface area contributed by atoms with Gasteiger partial charge in [0.05, 0.1) is 0 Å². The van der Waals surface area contributed by atoms with E-state index in [0.29, 0.717) is 19.0 Å². The number of piperidine rings is 1. The maximum absolute atomic E-state index is 11.3. The summed E-state index contributed by atoms with van der Waals surface area (Å²) >= 11 is 0. The van der Waals surface area contributed by atoms with Crippen molar-refractivity contribution in [2.24, 2.45) is 5.92 Å². The summed E-state index contributed by atoms with van der Waals surface area (Å²) in [6.45, 7) is 6.92. The van der Waals surface area contributed by atoms with Crippen LogP contribution in [-0.4, -0.2) is 41.6 Å². The van der Waals surface area contributed by atoms with Crippen LogP contribution in [0.4, 0.5) is 4.79 Å². The first-order chi connectivity index (χ1) is 7.40. The maximum Gasteiger partial charge on any atom is 0.528 e. The largest absolute Gasteiger partial charge is 0.528 e. The van der Waals surface area contributed by atoms with E-state index in [1.165, 1.54) is 0 Å². The molecule has 16 heavy (non-hydrogen) atoms. The molecule has 1 fully saturated rings. The van der Waals surface area contributed by atoms with Gasteiger partial charge in [0.15, 0.2) is 0 Å². The molecule has 0 aromatic heterocycles. The molecule has 0 bridgehead atoms. The number of hydrogen-bond donors (Lipinski definition) is 1. The van der Waals surface area contributed by atoms with E-state index < -0.39 is 11.8 Å². The highest BCUT2D eigenvalue weighted by molar-refractivity contribution is 5.60. The molecule has 1 saturated heterocycles. The number of carbonyl (C=O) groups excluding carboxylic acids is 1. The molecule has 1 aliphatic heterocycles. The van der Waals surface area contributed by atoms with Crippen LogP contribution in [0.1, 0.15) is 33.6 Å². The number of ether oxygens (including phenoxy) is 1. The fourth-order valence-corrected chi connectivity index (χ4v) is 1.56. The molecule has 1 N–H and O–H groups in total. The van der Waals surface area contributed by atoms with E-state index in [-0.39, 0.29) is 6.61 Å². The Morgan fingerprint density at radius 3 is 2.38 bits per heavy atom. The maximum atomic E-state index is 11.3. The zero-order valence-corrected chi connectivity index (χ0v) is 10.2. The number of hydrogen-bond acceptors (Lipinski definition) is 5. The van der Waals surface area contributed by atoms with Crippen LogP contribution in [0.2, 0.25) is 0 Å². The zero-order chi connectivity index (χ0) is 12.2. The van der Waals surface area contributed by atoms with Gasteiger partial charge < -0.3 is 14.7 Å². The normalized spacial score (nSPS) is 19.5. The molecule has 1 rings (SSSR count). The van der Waals surface area contributed by atoms with E-state index in [4.69, 9.17) is 14.7 Å². The summed E-state index contributed by atoms with van der Waals surface area (Å²) in [6, 6.07) is 0. The molecule has 0 radical (unpaired) electrons. The van der Waals surface area contributed by atoms with Crippen molar-refractivity contribution in [1.82, 2.24) is 5.06 Å². The molecule has 0 amide bonds. The van der Waals surface area contributed by atoms with Gasteiger partial charge in [-0.2, -0.15) is 0 Å². The third kappa shape index (κ3) is 4.81. The number of nitrogens with zero attached hydrogens (tertiary/aromatic N) is 1. The SMILES string of the molecule is CC(C)(C)OC(=O)ON1CCC(CO)CC1. The van der Waals surface area contributed by atoms with E-state index in [1.54, 1.807) is 25.8 Å². The second-order valence-electron chi connectivity index (χ2n) is 5.11. The summed E-state index contributed by atoms with van der Waals surface area (Å²) in [5.74, 6) is 0.332. The van der Waals surface area contributed by atoms with Gasteiger partial charge in [0.2, 0.25) is 0 Å². The lowest BCUT2D eigenvalue weighted by Gasteiger charge is -2.30. The van der Waals surface area contributed by atoms with E-state index in [1.807, 2.05) is 0 Å². The van der Waals surface area contributed by atoms with Gasteiger partial charge in [0, 0.05) is 19.7 Å². The topological polar surface area (TPSA) is 59.0 Å². The van der Waals surface area contributed by atoms with Crippen molar-refractivity contribution in [3.8, 4) is 0 Å². The molecule has 5 heteroatoms. The summed E-state index contributed by atoms with van der Waals surface area (Å²) in [4.78, 5) is 16.4. The standard InChI is InChI=1S/C11H21NO4/c1-11(2,3)15-10(14)16-12-6-4-9(8-13)5-7-12/h9,13H,4-8H2,1-3H3. The highest BCUT2D eigenvalue weighted by Crippen LogP contribution is 2.17. The molecule has 94 valence electrons. The summed E-state index contributed by atoms with van der Waals surface area (Å²) < 4.78 is 5.04. The van der Waals surface area contributed by atoms with Crippen molar-refractivity contribution in [3.05, 3.63) is 0 Å². The van der Waals surface area contributed by atoms with Gasteiger partial charge in [-0.1, -0.05) is 0 Å². The fourth-order valence-electron chi connectivity index (χ4n) is 1.56. The quantitative estimate of drug-likeness (QED) is 0.731. The monoisotopic (exact) mass is 231 g/mol. The Bertz CT molecular complexity index is 229.